The van der Waals surface area contributed by atoms with Gasteiger partial charge in [-0.15, -0.1) is 0 Å². The molecular formula is C29H48O. The van der Waals surface area contributed by atoms with Crippen molar-refractivity contribution >= 4 is 5.78 Å². The molecule has 0 aromatic rings. The molecule has 2 unspecified atom stereocenters. The van der Waals surface area contributed by atoms with Crippen LogP contribution in [0, 0.1) is 52.3 Å². The summed E-state index contributed by atoms with van der Waals surface area (Å²) >= 11 is 0. The van der Waals surface area contributed by atoms with Crippen molar-refractivity contribution in [3.8, 4) is 0 Å². The summed E-state index contributed by atoms with van der Waals surface area (Å²) in [5.41, 5.74) is 2.77. The minimum Gasteiger partial charge on any atom is -0.300 e. The van der Waals surface area contributed by atoms with Gasteiger partial charge < -0.3 is 0 Å². The number of hydrogen-bond acceptors (Lipinski definition) is 1. The van der Waals surface area contributed by atoms with E-state index in [0.29, 0.717) is 22.5 Å². The summed E-state index contributed by atoms with van der Waals surface area (Å²) in [6.07, 6.45) is 16.5. The van der Waals surface area contributed by atoms with Crippen LogP contribution < -0.4 is 0 Å². The van der Waals surface area contributed by atoms with Crippen LogP contribution in [0.5, 0.6) is 0 Å². The fourth-order valence-electron chi connectivity index (χ4n) is 8.97. The molecule has 0 spiro atoms. The van der Waals surface area contributed by atoms with Crippen molar-refractivity contribution in [2.75, 3.05) is 0 Å². The second-order valence-corrected chi connectivity index (χ2v) is 12.7. The molecule has 0 aromatic heterocycles. The maximum Gasteiger partial charge on any atom is 0.133 e. The van der Waals surface area contributed by atoms with Crippen LogP contribution in [0.15, 0.2) is 11.6 Å². The molecule has 4 aliphatic carbocycles. The number of ketones is 1. The summed E-state index contributed by atoms with van der Waals surface area (Å²) < 4.78 is 0. The number of carbonyl (C=O) groups is 1. The second-order valence-electron chi connectivity index (χ2n) is 12.7. The Kier molecular flexibility index (Phi) is 6.33. The van der Waals surface area contributed by atoms with E-state index in [2.05, 4.69) is 47.6 Å². The molecule has 0 N–H and O–H groups in total. The van der Waals surface area contributed by atoms with Crippen LogP contribution in [0.2, 0.25) is 0 Å². The molecule has 170 valence electrons. The molecule has 0 bridgehead atoms. The zero-order chi connectivity index (χ0) is 21.7. The summed E-state index contributed by atoms with van der Waals surface area (Å²) in [6, 6.07) is 0. The molecule has 30 heavy (non-hydrogen) atoms. The van der Waals surface area contributed by atoms with Gasteiger partial charge in [0.05, 0.1) is 0 Å². The quantitative estimate of drug-likeness (QED) is 0.401. The highest BCUT2D eigenvalue weighted by atomic mass is 16.1. The van der Waals surface area contributed by atoms with Crippen LogP contribution >= 0.6 is 0 Å². The maximum atomic E-state index is 12.1. The van der Waals surface area contributed by atoms with Gasteiger partial charge in [0.25, 0.3) is 0 Å². The van der Waals surface area contributed by atoms with E-state index in [1.54, 1.807) is 0 Å². The third-order valence-corrected chi connectivity index (χ3v) is 11.1. The Morgan fingerprint density at radius 2 is 1.73 bits per heavy atom. The number of carbonyl (C=O) groups excluding carboxylic acids is 1. The highest BCUT2D eigenvalue weighted by molar-refractivity contribution is 5.79. The Bertz CT molecular complexity index is 674. The van der Waals surface area contributed by atoms with Crippen molar-refractivity contribution in [2.24, 2.45) is 52.3 Å². The molecule has 0 radical (unpaired) electrons. The van der Waals surface area contributed by atoms with Crippen molar-refractivity contribution in [2.45, 2.75) is 112 Å². The van der Waals surface area contributed by atoms with Crippen molar-refractivity contribution in [1.82, 2.24) is 0 Å². The van der Waals surface area contributed by atoms with E-state index < -0.39 is 0 Å². The Hall–Kier alpha value is -0.590. The number of Topliss-reactive ketones (excluding diaryl/α,β-unsaturated/α-hetero) is 1. The molecule has 0 heterocycles. The summed E-state index contributed by atoms with van der Waals surface area (Å²) in [6.45, 7) is 15.0. The first kappa shape index (κ1) is 22.6. The Balaban J connectivity index is 1.49. The first-order chi connectivity index (χ1) is 14.2. The topological polar surface area (TPSA) is 17.1 Å². The zero-order valence-corrected chi connectivity index (χ0v) is 20.8. The van der Waals surface area contributed by atoms with Crippen molar-refractivity contribution in [3.05, 3.63) is 11.6 Å². The van der Waals surface area contributed by atoms with E-state index in [9.17, 15) is 4.79 Å². The van der Waals surface area contributed by atoms with Gasteiger partial charge in [0.2, 0.25) is 0 Å². The molecule has 1 nitrogen and oxygen atoms in total. The zero-order valence-electron chi connectivity index (χ0n) is 20.8. The molecule has 4 aliphatic rings. The molecule has 0 aliphatic heterocycles. The van der Waals surface area contributed by atoms with Gasteiger partial charge in [-0.2, -0.15) is 0 Å². The van der Waals surface area contributed by atoms with Crippen molar-refractivity contribution < 1.29 is 4.79 Å². The van der Waals surface area contributed by atoms with E-state index in [-0.39, 0.29) is 0 Å². The van der Waals surface area contributed by atoms with Gasteiger partial charge in [0.1, 0.15) is 5.78 Å². The lowest BCUT2D eigenvalue weighted by atomic mass is 9.47. The average Bonchev–Trinajstić information content (AvgIpc) is 3.06. The third kappa shape index (κ3) is 3.65. The Morgan fingerprint density at radius 3 is 2.43 bits per heavy atom. The first-order valence-electron chi connectivity index (χ1n) is 13.4. The normalized spacial score (nSPS) is 42.9. The molecule has 0 aromatic carbocycles. The third-order valence-electron chi connectivity index (χ3n) is 11.1. The highest BCUT2D eigenvalue weighted by Crippen LogP contribution is 2.66. The van der Waals surface area contributed by atoms with Gasteiger partial charge in [-0.25, -0.2) is 0 Å². The summed E-state index contributed by atoms with van der Waals surface area (Å²) in [5.74, 6) is 6.24. The highest BCUT2D eigenvalue weighted by Gasteiger charge is 2.58. The van der Waals surface area contributed by atoms with Gasteiger partial charge in [-0.3, -0.25) is 4.79 Å². The van der Waals surface area contributed by atoms with E-state index in [1.165, 1.54) is 51.4 Å². The van der Waals surface area contributed by atoms with Crippen LogP contribution in [-0.2, 0) is 4.79 Å². The van der Waals surface area contributed by atoms with Crippen LogP contribution in [0.25, 0.3) is 0 Å². The lowest BCUT2D eigenvalue weighted by Gasteiger charge is -2.57. The van der Waals surface area contributed by atoms with Gasteiger partial charge in [-0.05, 0) is 97.2 Å². The minimum absolute atomic E-state index is 0.397. The van der Waals surface area contributed by atoms with Crippen LogP contribution in [0.3, 0.4) is 0 Å². The van der Waals surface area contributed by atoms with Crippen molar-refractivity contribution in [3.63, 3.8) is 0 Å². The fraction of sp³-hybridized carbons (Fsp3) is 0.897. The van der Waals surface area contributed by atoms with Gasteiger partial charge >= 0.3 is 0 Å². The molecule has 1 heteroatoms. The lowest BCUT2D eigenvalue weighted by Crippen LogP contribution is -2.49. The number of fused-ring (bicyclic) bond motifs is 5. The molecule has 3 fully saturated rings. The van der Waals surface area contributed by atoms with Gasteiger partial charge in [0, 0.05) is 12.8 Å². The standard InChI is InChI=1S/C29H48O/c1-7-21(19(2)3)9-8-20(4)25-12-13-26-24-11-10-22-18-23(30)14-16-28(22,5)27(24)15-17-29(25,26)6/h11,19-22,25-27H,7-10,12-18H2,1-6H3/t20-,21-,22+,25-,26?,27?,28+,29-/m1/s1. The molecule has 4 rings (SSSR count). The fourth-order valence-corrected chi connectivity index (χ4v) is 8.97. The van der Waals surface area contributed by atoms with Gasteiger partial charge in [0.15, 0.2) is 0 Å². The molecule has 0 saturated heterocycles. The molecule has 0 amide bonds. The second kappa shape index (κ2) is 8.40. The first-order valence-corrected chi connectivity index (χ1v) is 13.4. The van der Waals surface area contributed by atoms with Gasteiger partial charge in [-0.1, -0.05) is 66.0 Å². The van der Waals surface area contributed by atoms with E-state index in [1.807, 2.05) is 5.57 Å². The number of hydrogen-bond donors (Lipinski definition) is 0. The predicted octanol–water partition coefficient (Wildman–Crippen LogP) is 8.23. The molecule has 3 saturated carbocycles. The molecular weight excluding hydrogens is 364 g/mol. The summed E-state index contributed by atoms with van der Waals surface area (Å²) in [4.78, 5) is 12.1. The Morgan fingerprint density at radius 1 is 1.00 bits per heavy atom. The maximum absolute atomic E-state index is 12.1. The number of rotatable bonds is 6. The Labute approximate surface area is 186 Å². The SMILES string of the molecule is CC[C@H](CC[C@@H](C)[C@H]1CCC2C3=CC[C@H]4CC(=O)CC[C@]4(C)C3CC[C@@]21C)C(C)C. The van der Waals surface area contributed by atoms with E-state index >= 15 is 0 Å². The monoisotopic (exact) mass is 412 g/mol. The largest absolute Gasteiger partial charge is 0.300 e. The molecule has 8 atom stereocenters. The smallest absolute Gasteiger partial charge is 0.133 e. The average molecular weight is 413 g/mol. The van der Waals surface area contributed by atoms with E-state index in [4.69, 9.17) is 0 Å². The summed E-state index contributed by atoms with van der Waals surface area (Å²) in [7, 11) is 0. The van der Waals surface area contributed by atoms with Crippen LogP contribution in [-0.4, -0.2) is 5.78 Å². The number of allylic oxidation sites excluding steroid dienone is 2. The van der Waals surface area contributed by atoms with Crippen LogP contribution in [0.1, 0.15) is 112 Å². The van der Waals surface area contributed by atoms with E-state index in [0.717, 1.165) is 54.8 Å². The van der Waals surface area contributed by atoms with Crippen LogP contribution in [0.4, 0.5) is 0 Å². The summed E-state index contributed by atoms with van der Waals surface area (Å²) in [5, 5.41) is 0. The predicted molar refractivity (Wildman–Crippen MR) is 127 cm³/mol. The lowest BCUT2D eigenvalue weighted by molar-refractivity contribution is -0.127. The van der Waals surface area contributed by atoms with Crippen molar-refractivity contribution in [1.29, 1.82) is 0 Å². The minimum atomic E-state index is 0.397.